The van der Waals surface area contributed by atoms with Crippen molar-refractivity contribution >= 4 is 23.2 Å². The number of anilines is 1. The molecule has 2 aromatic carbocycles. The number of hydrogen-bond acceptors (Lipinski definition) is 1. The summed E-state index contributed by atoms with van der Waals surface area (Å²) in [6, 6.07) is 14.2. The molecule has 0 spiro atoms. The Kier molecular flexibility index (Phi) is 4.94. The number of halogens is 2. The van der Waals surface area contributed by atoms with Crippen LogP contribution >= 0.6 is 11.6 Å². The highest BCUT2D eigenvalue weighted by Gasteiger charge is 2.35. The van der Waals surface area contributed by atoms with E-state index in [1.807, 2.05) is 6.07 Å². The first kappa shape index (κ1) is 16.0. The van der Waals surface area contributed by atoms with Gasteiger partial charge in [0.1, 0.15) is 12.4 Å². The molecule has 1 amide bonds. The minimum Gasteiger partial charge on any atom is -0.321 e. The van der Waals surface area contributed by atoms with Crippen molar-refractivity contribution in [3.05, 3.63) is 64.9 Å². The van der Waals surface area contributed by atoms with Crippen LogP contribution in [-0.2, 0) is 11.3 Å². The van der Waals surface area contributed by atoms with Gasteiger partial charge in [0.2, 0.25) is 0 Å². The van der Waals surface area contributed by atoms with Crippen LogP contribution in [0.25, 0.3) is 0 Å². The van der Waals surface area contributed by atoms with Crippen molar-refractivity contribution in [1.82, 2.24) is 0 Å². The Morgan fingerprint density at radius 2 is 1.87 bits per heavy atom. The lowest BCUT2D eigenvalue weighted by Crippen LogP contribution is -3.13. The standard InChI is InChI=1S/C18H18ClFN2O/c19-14-5-7-15(8-6-14)21-18(23)12-22(16-9-10-16)11-13-3-1-2-4-17(13)20/h1-8,16H,9-12H2,(H,21,23)/p+1. The smallest absolute Gasteiger partial charge is 0.279 e. The zero-order valence-corrected chi connectivity index (χ0v) is 13.4. The Hall–Kier alpha value is -1.91. The van der Waals surface area contributed by atoms with Crippen LogP contribution in [0.3, 0.4) is 0 Å². The fourth-order valence-corrected chi connectivity index (χ4v) is 2.80. The topological polar surface area (TPSA) is 33.5 Å². The largest absolute Gasteiger partial charge is 0.321 e. The van der Waals surface area contributed by atoms with Gasteiger partial charge >= 0.3 is 0 Å². The van der Waals surface area contributed by atoms with Crippen molar-refractivity contribution in [1.29, 1.82) is 0 Å². The second kappa shape index (κ2) is 7.11. The molecule has 1 atom stereocenters. The number of rotatable bonds is 6. The first-order valence-corrected chi connectivity index (χ1v) is 8.13. The van der Waals surface area contributed by atoms with Gasteiger partial charge in [-0.2, -0.15) is 0 Å². The third-order valence-corrected chi connectivity index (χ3v) is 4.30. The normalized spacial score (nSPS) is 15.2. The molecule has 3 nitrogen and oxygen atoms in total. The number of carbonyl (C=O) groups excluding carboxylic acids is 1. The van der Waals surface area contributed by atoms with E-state index in [4.69, 9.17) is 11.6 Å². The van der Waals surface area contributed by atoms with E-state index in [1.54, 1.807) is 36.4 Å². The number of hydrogen-bond donors (Lipinski definition) is 2. The molecule has 2 aromatic rings. The molecule has 0 radical (unpaired) electrons. The molecule has 3 rings (SSSR count). The average molecular weight is 334 g/mol. The van der Waals surface area contributed by atoms with Gasteiger partial charge in [0.15, 0.2) is 6.54 Å². The Morgan fingerprint density at radius 3 is 2.52 bits per heavy atom. The van der Waals surface area contributed by atoms with Crippen LogP contribution in [0.1, 0.15) is 18.4 Å². The van der Waals surface area contributed by atoms with Crippen molar-refractivity contribution in [2.75, 3.05) is 11.9 Å². The molecule has 23 heavy (non-hydrogen) atoms. The van der Waals surface area contributed by atoms with E-state index in [1.165, 1.54) is 6.07 Å². The van der Waals surface area contributed by atoms with E-state index in [0.717, 1.165) is 23.4 Å². The summed E-state index contributed by atoms with van der Waals surface area (Å²) >= 11 is 5.84. The minimum absolute atomic E-state index is 0.0643. The van der Waals surface area contributed by atoms with Gasteiger partial charge in [0, 0.05) is 29.1 Å². The molecule has 5 heteroatoms. The molecule has 0 aromatic heterocycles. The zero-order chi connectivity index (χ0) is 16.2. The van der Waals surface area contributed by atoms with Crippen LogP contribution in [0, 0.1) is 5.82 Å². The van der Waals surface area contributed by atoms with Crippen LogP contribution in [0.15, 0.2) is 48.5 Å². The second-order valence-corrected chi connectivity index (χ2v) is 6.37. The summed E-state index contributed by atoms with van der Waals surface area (Å²) in [7, 11) is 0. The summed E-state index contributed by atoms with van der Waals surface area (Å²) in [6.45, 7) is 0.868. The third-order valence-electron chi connectivity index (χ3n) is 4.05. The van der Waals surface area contributed by atoms with Gasteiger partial charge in [-0.15, -0.1) is 0 Å². The fourth-order valence-electron chi connectivity index (χ4n) is 2.67. The highest BCUT2D eigenvalue weighted by atomic mass is 35.5. The van der Waals surface area contributed by atoms with Gasteiger partial charge in [-0.25, -0.2) is 4.39 Å². The molecule has 120 valence electrons. The summed E-state index contributed by atoms with van der Waals surface area (Å²) in [6.07, 6.45) is 2.19. The van der Waals surface area contributed by atoms with E-state index < -0.39 is 0 Å². The van der Waals surface area contributed by atoms with Crippen molar-refractivity contribution < 1.29 is 14.1 Å². The van der Waals surface area contributed by atoms with Crippen molar-refractivity contribution in [2.24, 2.45) is 0 Å². The molecule has 1 saturated carbocycles. The molecular weight excluding hydrogens is 315 g/mol. The minimum atomic E-state index is -0.205. The Morgan fingerprint density at radius 1 is 1.17 bits per heavy atom. The molecule has 1 aliphatic rings. The number of quaternary nitrogens is 1. The summed E-state index contributed by atoms with van der Waals surface area (Å²) in [5, 5.41) is 3.50. The number of carbonyl (C=O) groups is 1. The quantitative estimate of drug-likeness (QED) is 0.837. The van der Waals surface area contributed by atoms with E-state index in [-0.39, 0.29) is 11.7 Å². The molecule has 0 saturated heterocycles. The Balaban J connectivity index is 1.62. The fraction of sp³-hybridized carbons (Fsp3) is 0.278. The predicted molar refractivity (Wildman–Crippen MR) is 89.0 cm³/mol. The van der Waals surface area contributed by atoms with E-state index >= 15 is 0 Å². The van der Waals surface area contributed by atoms with Crippen molar-refractivity contribution in [3.63, 3.8) is 0 Å². The Bertz CT molecular complexity index is 686. The average Bonchev–Trinajstić information content (AvgIpc) is 3.36. The molecule has 1 fully saturated rings. The van der Waals surface area contributed by atoms with E-state index in [0.29, 0.717) is 29.7 Å². The van der Waals surface area contributed by atoms with Gasteiger partial charge in [-0.3, -0.25) is 4.79 Å². The maximum atomic E-state index is 13.8. The van der Waals surface area contributed by atoms with E-state index in [2.05, 4.69) is 5.32 Å². The first-order chi connectivity index (χ1) is 11.1. The van der Waals surface area contributed by atoms with Crippen LogP contribution in [0.5, 0.6) is 0 Å². The molecule has 0 bridgehead atoms. The van der Waals surface area contributed by atoms with Gasteiger partial charge in [-0.1, -0.05) is 29.8 Å². The van der Waals surface area contributed by atoms with Crippen LogP contribution in [0.4, 0.5) is 10.1 Å². The monoisotopic (exact) mass is 333 g/mol. The van der Waals surface area contributed by atoms with Crippen molar-refractivity contribution in [2.45, 2.75) is 25.4 Å². The highest BCUT2D eigenvalue weighted by molar-refractivity contribution is 6.30. The van der Waals surface area contributed by atoms with Gasteiger partial charge in [0.25, 0.3) is 5.91 Å². The highest BCUT2D eigenvalue weighted by Crippen LogP contribution is 2.17. The number of nitrogens with one attached hydrogen (secondary N) is 2. The summed E-state index contributed by atoms with van der Waals surface area (Å²) in [5.74, 6) is -0.269. The summed E-state index contributed by atoms with van der Waals surface area (Å²) in [4.78, 5) is 13.4. The molecular formula is C18H19ClFN2O+. The molecule has 0 heterocycles. The number of benzene rings is 2. The van der Waals surface area contributed by atoms with E-state index in [9.17, 15) is 9.18 Å². The third kappa shape index (κ3) is 4.53. The maximum absolute atomic E-state index is 13.8. The molecule has 1 unspecified atom stereocenters. The lowest BCUT2D eigenvalue weighted by atomic mass is 10.2. The first-order valence-electron chi connectivity index (χ1n) is 7.75. The zero-order valence-electron chi connectivity index (χ0n) is 12.7. The van der Waals surface area contributed by atoms with Gasteiger partial charge in [-0.05, 0) is 30.3 Å². The van der Waals surface area contributed by atoms with Crippen LogP contribution in [0.2, 0.25) is 5.02 Å². The van der Waals surface area contributed by atoms with Crippen molar-refractivity contribution in [3.8, 4) is 0 Å². The lowest BCUT2D eigenvalue weighted by molar-refractivity contribution is -0.917. The number of amides is 1. The summed E-state index contributed by atoms with van der Waals surface area (Å²) in [5.41, 5.74) is 1.38. The lowest BCUT2D eigenvalue weighted by Gasteiger charge is -2.19. The van der Waals surface area contributed by atoms with Crippen LogP contribution in [-0.4, -0.2) is 18.5 Å². The molecule has 0 aliphatic heterocycles. The summed E-state index contributed by atoms with van der Waals surface area (Å²) < 4.78 is 13.8. The predicted octanol–water partition coefficient (Wildman–Crippen LogP) is 2.67. The van der Waals surface area contributed by atoms with Crippen LogP contribution < -0.4 is 10.2 Å². The SMILES string of the molecule is O=C(C[NH+](Cc1ccccc1F)C1CC1)Nc1ccc(Cl)cc1. The van der Waals surface area contributed by atoms with Gasteiger partial charge < -0.3 is 10.2 Å². The molecule has 1 aliphatic carbocycles. The second-order valence-electron chi connectivity index (χ2n) is 5.93. The van der Waals surface area contributed by atoms with Gasteiger partial charge in [0.05, 0.1) is 6.04 Å². The Labute approximate surface area is 140 Å². The molecule has 2 N–H and O–H groups in total. The maximum Gasteiger partial charge on any atom is 0.279 e.